The number of nitrogens with zero attached hydrogens (tertiary/aromatic N) is 2. The number of rotatable bonds is 7. The number of aryl methyl sites for hydroxylation is 1. The third-order valence-corrected chi connectivity index (χ3v) is 5.18. The Morgan fingerprint density at radius 1 is 1.13 bits per heavy atom. The molecule has 0 atom stereocenters. The van der Waals surface area contributed by atoms with Crippen LogP contribution in [0.2, 0.25) is 5.02 Å². The lowest BCUT2D eigenvalue weighted by Gasteiger charge is -2.06. The van der Waals surface area contributed by atoms with Gasteiger partial charge in [-0.2, -0.15) is 0 Å². The average Bonchev–Trinajstić information content (AvgIpc) is 3.16. The van der Waals surface area contributed by atoms with Crippen molar-refractivity contribution in [2.45, 2.75) is 26.2 Å². The molecule has 0 unspecified atom stereocenters. The van der Waals surface area contributed by atoms with Crippen molar-refractivity contribution in [2.75, 3.05) is 5.32 Å². The van der Waals surface area contributed by atoms with E-state index in [0.717, 1.165) is 41.6 Å². The Morgan fingerprint density at radius 2 is 1.93 bits per heavy atom. The molecule has 30 heavy (non-hydrogen) atoms. The van der Waals surface area contributed by atoms with Crippen molar-refractivity contribution in [3.05, 3.63) is 71.3 Å². The zero-order chi connectivity index (χ0) is 21.1. The summed E-state index contributed by atoms with van der Waals surface area (Å²) in [6, 6.07) is 14.8. The largest absolute Gasteiger partial charge is 0.340 e. The molecule has 0 spiro atoms. The topological polar surface area (TPSA) is 77.5 Å². The quantitative estimate of drug-likeness (QED) is 0.297. The van der Waals surface area contributed by atoms with E-state index in [1.54, 1.807) is 6.07 Å². The van der Waals surface area contributed by atoms with Crippen LogP contribution >= 0.6 is 11.6 Å². The molecule has 0 aliphatic carbocycles. The molecule has 0 aliphatic rings. The van der Waals surface area contributed by atoms with E-state index in [1.807, 2.05) is 13.0 Å². The van der Waals surface area contributed by atoms with E-state index in [-0.39, 0.29) is 5.02 Å². The number of fused-ring (bicyclic) bond motifs is 1. The predicted octanol–water partition coefficient (Wildman–Crippen LogP) is 6.52. The van der Waals surface area contributed by atoms with Crippen molar-refractivity contribution in [1.82, 2.24) is 15.0 Å². The number of hydrogen-bond donors (Lipinski definition) is 3. The number of aromatic nitrogens is 3. The number of H-pyrrole nitrogens is 1. The maximum atomic E-state index is 13.4. The Labute approximate surface area is 178 Å². The van der Waals surface area contributed by atoms with Gasteiger partial charge in [-0.15, -0.1) is 0 Å². The minimum absolute atomic E-state index is 0.0518. The molecule has 7 heteroatoms. The SMILES string of the molecule is CC(=N)CCCc1ccc(-c2cc3c(Nc4ccc(F)c(Cl)c4)ncnc3[nH]2)cc1. The van der Waals surface area contributed by atoms with Crippen LogP contribution in [0.3, 0.4) is 0 Å². The highest BCUT2D eigenvalue weighted by Gasteiger charge is 2.11. The molecule has 3 N–H and O–H groups in total. The predicted molar refractivity (Wildman–Crippen MR) is 120 cm³/mol. The molecule has 2 aromatic heterocycles. The first-order chi connectivity index (χ1) is 14.5. The minimum Gasteiger partial charge on any atom is -0.340 e. The molecule has 0 saturated heterocycles. The lowest BCUT2D eigenvalue weighted by molar-refractivity contribution is 0.628. The zero-order valence-corrected chi connectivity index (χ0v) is 17.2. The van der Waals surface area contributed by atoms with E-state index < -0.39 is 5.82 Å². The lowest BCUT2D eigenvalue weighted by Crippen LogP contribution is -1.95. The summed E-state index contributed by atoms with van der Waals surface area (Å²) in [4.78, 5) is 12.0. The molecular weight excluding hydrogens is 401 g/mol. The Kier molecular flexibility index (Phi) is 5.77. The van der Waals surface area contributed by atoms with Crippen LogP contribution in [0.4, 0.5) is 15.9 Å². The molecule has 0 bridgehead atoms. The highest BCUT2D eigenvalue weighted by molar-refractivity contribution is 6.31. The normalized spacial score (nSPS) is 11.0. The van der Waals surface area contributed by atoms with Crippen molar-refractivity contribution >= 4 is 39.9 Å². The van der Waals surface area contributed by atoms with E-state index in [2.05, 4.69) is 44.5 Å². The fourth-order valence-electron chi connectivity index (χ4n) is 3.31. The van der Waals surface area contributed by atoms with Gasteiger partial charge in [0.15, 0.2) is 0 Å². The fraction of sp³-hybridized carbons (Fsp3) is 0.174. The van der Waals surface area contributed by atoms with Gasteiger partial charge in [0.2, 0.25) is 0 Å². The molecule has 2 aromatic carbocycles. The van der Waals surface area contributed by atoms with E-state index in [0.29, 0.717) is 17.2 Å². The Balaban J connectivity index is 1.57. The third kappa shape index (κ3) is 4.49. The highest BCUT2D eigenvalue weighted by atomic mass is 35.5. The van der Waals surface area contributed by atoms with Gasteiger partial charge < -0.3 is 15.7 Å². The second kappa shape index (κ2) is 8.63. The summed E-state index contributed by atoms with van der Waals surface area (Å²) in [5, 5.41) is 11.6. The first-order valence-electron chi connectivity index (χ1n) is 9.69. The molecule has 0 saturated carbocycles. The smallest absolute Gasteiger partial charge is 0.143 e. The van der Waals surface area contributed by atoms with Crippen molar-refractivity contribution in [3.8, 4) is 11.3 Å². The van der Waals surface area contributed by atoms with E-state index in [4.69, 9.17) is 17.0 Å². The van der Waals surface area contributed by atoms with E-state index in [9.17, 15) is 4.39 Å². The summed E-state index contributed by atoms with van der Waals surface area (Å²) >= 11 is 5.88. The van der Waals surface area contributed by atoms with Crippen LogP contribution in [0.5, 0.6) is 0 Å². The fourth-order valence-corrected chi connectivity index (χ4v) is 3.49. The van der Waals surface area contributed by atoms with E-state index >= 15 is 0 Å². The summed E-state index contributed by atoms with van der Waals surface area (Å²) in [5.41, 5.74) is 5.32. The minimum atomic E-state index is -0.463. The number of aromatic amines is 1. The van der Waals surface area contributed by atoms with Crippen LogP contribution in [0.25, 0.3) is 22.3 Å². The number of benzene rings is 2. The standard InChI is InChI=1S/C23H21ClFN5/c1-14(26)3-2-4-15-5-7-16(8-6-15)21-12-18-22(27-13-28-23(18)30-21)29-17-9-10-20(25)19(24)11-17/h5-13,26H,2-4H2,1H3,(H2,27,28,29,30). The third-order valence-electron chi connectivity index (χ3n) is 4.89. The van der Waals surface area contributed by atoms with Gasteiger partial charge in [-0.05, 0) is 61.6 Å². The van der Waals surface area contributed by atoms with Gasteiger partial charge in [-0.3, -0.25) is 0 Å². The number of hydrogen-bond acceptors (Lipinski definition) is 4. The molecule has 2 heterocycles. The zero-order valence-electron chi connectivity index (χ0n) is 16.5. The molecule has 0 amide bonds. The van der Waals surface area contributed by atoms with Gasteiger partial charge in [0, 0.05) is 17.1 Å². The first kappa shape index (κ1) is 20.0. The van der Waals surface area contributed by atoms with Crippen molar-refractivity contribution in [2.24, 2.45) is 0 Å². The van der Waals surface area contributed by atoms with Crippen LogP contribution in [0.15, 0.2) is 54.9 Å². The summed E-state index contributed by atoms with van der Waals surface area (Å²) in [6.07, 6.45) is 4.25. The molecule has 5 nitrogen and oxygen atoms in total. The maximum Gasteiger partial charge on any atom is 0.143 e. The summed E-state index contributed by atoms with van der Waals surface area (Å²) in [5.74, 6) is 0.152. The van der Waals surface area contributed by atoms with Crippen LogP contribution in [0, 0.1) is 11.2 Å². The molecule has 4 rings (SSSR count). The average molecular weight is 422 g/mol. The molecular formula is C23H21ClFN5. The number of nitrogens with one attached hydrogen (secondary N) is 3. The van der Waals surface area contributed by atoms with Gasteiger partial charge in [-0.1, -0.05) is 35.9 Å². The Bertz CT molecular complexity index is 1200. The molecule has 4 aromatic rings. The second-order valence-electron chi connectivity index (χ2n) is 7.25. The van der Waals surface area contributed by atoms with Gasteiger partial charge in [0.1, 0.15) is 23.6 Å². The van der Waals surface area contributed by atoms with Gasteiger partial charge >= 0.3 is 0 Å². The molecule has 152 valence electrons. The maximum absolute atomic E-state index is 13.4. The van der Waals surface area contributed by atoms with Crippen molar-refractivity contribution in [1.29, 1.82) is 5.41 Å². The van der Waals surface area contributed by atoms with Crippen molar-refractivity contribution < 1.29 is 4.39 Å². The van der Waals surface area contributed by atoms with Crippen LogP contribution in [0.1, 0.15) is 25.3 Å². The number of anilines is 2. The molecule has 0 radical (unpaired) electrons. The van der Waals surface area contributed by atoms with Crippen molar-refractivity contribution in [3.63, 3.8) is 0 Å². The highest BCUT2D eigenvalue weighted by Crippen LogP contribution is 2.29. The monoisotopic (exact) mass is 421 g/mol. The van der Waals surface area contributed by atoms with Gasteiger partial charge in [0.25, 0.3) is 0 Å². The molecule has 0 aliphatic heterocycles. The summed E-state index contributed by atoms with van der Waals surface area (Å²) in [6.45, 7) is 1.84. The lowest BCUT2D eigenvalue weighted by atomic mass is 10.0. The summed E-state index contributed by atoms with van der Waals surface area (Å²) in [7, 11) is 0. The van der Waals surface area contributed by atoms with Crippen LogP contribution < -0.4 is 5.32 Å². The van der Waals surface area contributed by atoms with Gasteiger partial charge in [0.05, 0.1) is 10.4 Å². The Hall–Kier alpha value is -3.25. The second-order valence-corrected chi connectivity index (χ2v) is 7.66. The molecule has 0 fully saturated rings. The first-order valence-corrected chi connectivity index (χ1v) is 10.1. The van der Waals surface area contributed by atoms with Gasteiger partial charge in [-0.25, -0.2) is 14.4 Å². The summed E-state index contributed by atoms with van der Waals surface area (Å²) < 4.78 is 13.4. The number of halogens is 2. The van der Waals surface area contributed by atoms with E-state index in [1.165, 1.54) is 24.0 Å². The Morgan fingerprint density at radius 3 is 2.67 bits per heavy atom. The van der Waals surface area contributed by atoms with Crippen LogP contribution in [-0.4, -0.2) is 20.7 Å². The van der Waals surface area contributed by atoms with Crippen LogP contribution in [-0.2, 0) is 6.42 Å².